The molecule has 3 heterocycles. The van der Waals surface area contributed by atoms with Crippen LogP contribution in [0, 0.1) is 0 Å². The first-order valence-corrected chi connectivity index (χ1v) is 9.71. The number of benzene rings is 1. The van der Waals surface area contributed by atoms with Crippen LogP contribution in [0.5, 0.6) is 5.75 Å². The minimum atomic E-state index is 0.180. The van der Waals surface area contributed by atoms with E-state index in [2.05, 4.69) is 20.2 Å². The Morgan fingerprint density at radius 1 is 1.22 bits per heavy atom. The molecule has 142 valence electrons. The first-order valence-electron chi connectivity index (χ1n) is 8.95. The Morgan fingerprint density at radius 3 is 2.85 bits per heavy atom. The maximum Gasteiger partial charge on any atom is 0.222 e. The first kappa shape index (κ1) is 18.5. The summed E-state index contributed by atoms with van der Waals surface area (Å²) in [7, 11) is 1.99. The summed E-state index contributed by atoms with van der Waals surface area (Å²) < 4.78 is 8.02. The lowest BCUT2D eigenvalue weighted by Crippen LogP contribution is -2.44. The van der Waals surface area contributed by atoms with Crippen molar-refractivity contribution in [2.75, 3.05) is 39.3 Å². The second-order valence-electron chi connectivity index (χ2n) is 6.61. The highest BCUT2D eigenvalue weighted by Gasteiger charge is 2.15. The second-order valence-corrected chi connectivity index (χ2v) is 7.35. The summed E-state index contributed by atoms with van der Waals surface area (Å²) in [6, 6.07) is 6.07. The third-order valence-corrected chi connectivity index (χ3v) is 5.28. The Labute approximate surface area is 168 Å². The van der Waals surface area contributed by atoms with Crippen molar-refractivity contribution in [3.05, 3.63) is 40.9 Å². The van der Waals surface area contributed by atoms with E-state index in [4.69, 9.17) is 27.9 Å². The monoisotopic (exact) mass is 405 g/mol. The van der Waals surface area contributed by atoms with Crippen molar-refractivity contribution in [2.24, 2.45) is 7.05 Å². The molecule has 3 aromatic rings. The maximum absolute atomic E-state index is 6.29. The molecule has 0 spiro atoms. The molecule has 0 atom stereocenters. The molecule has 0 radical (unpaired) electrons. The summed E-state index contributed by atoms with van der Waals surface area (Å²) in [5.74, 6) is 0.859. The summed E-state index contributed by atoms with van der Waals surface area (Å²) in [5.41, 5.74) is 2.61. The normalized spacial score (nSPS) is 15.4. The number of ether oxygens (including phenoxy) is 1. The van der Waals surface area contributed by atoms with Crippen molar-refractivity contribution in [3.8, 4) is 17.0 Å². The van der Waals surface area contributed by atoms with E-state index in [1.807, 2.05) is 36.0 Å². The molecular formula is C19H21Cl2N5O. The number of nitrogens with one attached hydrogen (secondary N) is 1. The van der Waals surface area contributed by atoms with Crippen LogP contribution in [0.15, 0.2) is 30.6 Å². The minimum Gasteiger partial charge on any atom is -0.492 e. The zero-order chi connectivity index (χ0) is 18.8. The molecule has 8 heteroatoms. The fourth-order valence-corrected chi connectivity index (χ4v) is 3.73. The van der Waals surface area contributed by atoms with Crippen LogP contribution in [0.4, 0.5) is 0 Å². The number of nitrogens with zero attached hydrogens (tertiary/aromatic N) is 4. The van der Waals surface area contributed by atoms with Crippen LogP contribution in [0.1, 0.15) is 0 Å². The Kier molecular flexibility index (Phi) is 5.50. The summed E-state index contributed by atoms with van der Waals surface area (Å²) in [6.45, 7) is 5.86. The van der Waals surface area contributed by atoms with E-state index in [-0.39, 0.29) is 5.28 Å². The van der Waals surface area contributed by atoms with Gasteiger partial charge in [-0.15, -0.1) is 0 Å². The fourth-order valence-electron chi connectivity index (χ4n) is 3.40. The van der Waals surface area contributed by atoms with Gasteiger partial charge in [-0.3, -0.25) is 4.90 Å². The van der Waals surface area contributed by atoms with E-state index in [9.17, 15) is 0 Å². The quantitative estimate of drug-likeness (QED) is 0.660. The highest BCUT2D eigenvalue weighted by molar-refractivity contribution is 6.34. The van der Waals surface area contributed by atoms with Gasteiger partial charge in [0.1, 0.15) is 12.4 Å². The summed E-state index contributed by atoms with van der Waals surface area (Å²) in [5, 5.41) is 5.06. The number of hydrogen-bond acceptors (Lipinski definition) is 5. The van der Waals surface area contributed by atoms with Crippen molar-refractivity contribution >= 4 is 34.1 Å². The van der Waals surface area contributed by atoms with Gasteiger partial charge in [0.2, 0.25) is 5.28 Å². The van der Waals surface area contributed by atoms with E-state index in [0.717, 1.165) is 54.9 Å². The molecule has 2 aromatic heterocycles. The van der Waals surface area contributed by atoms with Crippen LogP contribution in [0.2, 0.25) is 10.3 Å². The summed E-state index contributed by atoms with van der Waals surface area (Å²) in [6.07, 6.45) is 3.53. The molecule has 0 amide bonds. The number of halogens is 2. The van der Waals surface area contributed by atoms with Gasteiger partial charge in [0, 0.05) is 63.0 Å². The minimum absolute atomic E-state index is 0.180. The largest absolute Gasteiger partial charge is 0.492 e. The van der Waals surface area contributed by atoms with E-state index in [0.29, 0.717) is 17.3 Å². The molecule has 1 saturated heterocycles. The molecule has 1 aromatic carbocycles. The lowest BCUT2D eigenvalue weighted by Gasteiger charge is -2.26. The van der Waals surface area contributed by atoms with Crippen LogP contribution < -0.4 is 10.1 Å². The van der Waals surface area contributed by atoms with Gasteiger partial charge in [0.05, 0.1) is 22.4 Å². The van der Waals surface area contributed by atoms with Crippen molar-refractivity contribution < 1.29 is 4.74 Å². The van der Waals surface area contributed by atoms with Gasteiger partial charge in [-0.05, 0) is 23.7 Å². The van der Waals surface area contributed by atoms with E-state index in [1.165, 1.54) is 6.20 Å². The second kappa shape index (κ2) is 8.02. The van der Waals surface area contributed by atoms with Crippen molar-refractivity contribution in [2.45, 2.75) is 0 Å². The highest BCUT2D eigenvalue weighted by Crippen LogP contribution is 2.35. The topological polar surface area (TPSA) is 55.2 Å². The van der Waals surface area contributed by atoms with Crippen LogP contribution in [0.3, 0.4) is 0 Å². The molecule has 1 aliphatic rings. The van der Waals surface area contributed by atoms with Gasteiger partial charge in [0.15, 0.2) is 0 Å². The molecule has 27 heavy (non-hydrogen) atoms. The number of aryl methyl sites for hydroxylation is 1. The molecule has 0 saturated carbocycles. The number of rotatable bonds is 5. The van der Waals surface area contributed by atoms with Crippen molar-refractivity contribution in [1.82, 2.24) is 24.8 Å². The average Bonchev–Trinajstić information content (AvgIpc) is 3.01. The average molecular weight is 406 g/mol. The molecule has 1 fully saturated rings. The molecule has 6 nitrogen and oxygen atoms in total. The van der Waals surface area contributed by atoms with Crippen LogP contribution in [0.25, 0.3) is 22.2 Å². The van der Waals surface area contributed by atoms with Gasteiger partial charge in [-0.1, -0.05) is 11.6 Å². The van der Waals surface area contributed by atoms with E-state index < -0.39 is 0 Å². The SMILES string of the molecule is Cn1cc(-c2nc(Cl)ncc2Cl)c2ccc(OCCN3CCNCC3)cc21. The molecular weight excluding hydrogens is 385 g/mol. The van der Waals surface area contributed by atoms with Crippen molar-refractivity contribution in [1.29, 1.82) is 0 Å². The zero-order valence-corrected chi connectivity index (χ0v) is 16.6. The molecule has 4 rings (SSSR count). The van der Waals surface area contributed by atoms with Gasteiger partial charge < -0.3 is 14.6 Å². The van der Waals surface area contributed by atoms with Gasteiger partial charge >= 0.3 is 0 Å². The molecule has 0 unspecified atom stereocenters. The van der Waals surface area contributed by atoms with Gasteiger partial charge in [-0.2, -0.15) is 0 Å². The standard InChI is InChI=1S/C19H21Cl2N5O/c1-25-12-15(18-16(20)11-23-19(21)24-18)14-3-2-13(10-17(14)25)27-9-8-26-6-4-22-5-7-26/h2-3,10-12,22H,4-9H2,1H3. The predicted octanol–water partition coefficient (Wildman–Crippen LogP) is 3.23. The third-order valence-electron chi connectivity index (χ3n) is 4.82. The Bertz CT molecular complexity index is 953. The first-order chi connectivity index (χ1) is 13.1. The lowest BCUT2D eigenvalue weighted by atomic mass is 10.1. The lowest BCUT2D eigenvalue weighted by molar-refractivity contribution is 0.191. The number of piperazine rings is 1. The zero-order valence-electron chi connectivity index (χ0n) is 15.1. The molecule has 0 aliphatic carbocycles. The maximum atomic E-state index is 6.29. The number of fused-ring (bicyclic) bond motifs is 1. The van der Waals surface area contributed by atoms with Gasteiger partial charge in [-0.25, -0.2) is 9.97 Å². The van der Waals surface area contributed by atoms with Crippen LogP contribution >= 0.6 is 23.2 Å². The molecule has 1 aliphatic heterocycles. The Morgan fingerprint density at radius 2 is 2.04 bits per heavy atom. The molecule has 0 bridgehead atoms. The predicted molar refractivity (Wildman–Crippen MR) is 109 cm³/mol. The fraction of sp³-hybridized carbons (Fsp3) is 0.368. The molecule has 1 N–H and O–H groups in total. The van der Waals surface area contributed by atoms with E-state index >= 15 is 0 Å². The highest BCUT2D eigenvalue weighted by atomic mass is 35.5. The van der Waals surface area contributed by atoms with E-state index in [1.54, 1.807) is 0 Å². The number of aromatic nitrogens is 3. The smallest absolute Gasteiger partial charge is 0.222 e. The third kappa shape index (κ3) is 4.04. The van der Waals surface area contributed by atoms with Crippen LogP contribution in [-0.2, 0) is 7.05 Å². The van der Waals surface area contributed by atoms with Gasteiger partial charge in [0.25, 0.3) is 0 Å². The van der Waals surface area contributed by atoms with Crippen LogP contribution in [-0.4, -0.2) is 58.8 Å². The Hall–Kier alpha value is -1.86. The summed E-state index contributed by atoms with van der Waals surface area (Å²) in [4.78, 5) is 10.6. The number of hydrogen-bond donors (Lipinski definition) is 1. The Balaban J connectivity index is 1.54. The summed E-state index contributed by atoms with van der Waals surface area (Å²) >= 11 is 12.2. The van der Waals surface area contributed by atoms with Crippen molar-refractivity contribution in [3.63, 3.8) is 0 Å².